The van der Waals surface area contributed by atoms with E-state index in [9.17, 15) is 0 Å². The topological polar surface area (TPSA) is 12.9 Å². The van der Waals surface area contributed by atoms with Crippen LogP contribution < -0.4 is 0 Å². The number of pyridine rings is 1. The van der Waals surface area contributed by atoms with Crippen LogP contribution in [0.5, 0.6) is 0 Å². The van der Waals surface area contributed by atoms with Gasteiger partial charge in [-0.3, -0.25) is 0 Å². The van der Waals surface area contributed by atoms with Crippen molar-refractivity contribution in [3.8, 4) is 0 Å². The van der Waals surface area contributed by atoms with Gasteiger partial charge in [0.2, 0.25) is 0 Å². The summed E-state index contributed by atoms with van der Waals surface area (Å²) in [6, 6.07) is 4.08. The van der Waals surface area contributed by atoms with Crippen molar-refractivity contribution in [3.05, 3.63) is 28.2 Å². The van der Waals surface area contributed by atoms with Gasteiger partial charge in [0.05, 0.1) is 0 Å². The number of thiophene rings is 1. The number of aromatic nitrogens is 1. The first kappa shape index (κ1) is 9.94. The Balaban J connectivity index is 2.80. The molecule has 0 unspecified atom stereocenters. The van der Waals surface area contributed by atoms with Crippen LogP contribution in [0.1, 0.15) is 26.3 Å². The van der Waals surface area contributed by atoms with Crippen molar-refractivity contribution >= 4 is 33.2 Å². The molecule has 0 saturated carbocycles. The zero-order valence-electron chi connectivity index (χ0n) is 8.47. The van der Waals surface area contributed by atoms with E-state index in [0.29, 0.717) is 5.15 Å². The summed E-state index contributed by atoms with van der Waals surface area (Å²) in [6.07, 6.45) is 0. The Kier molecular flexibility index (Phi) is 2.28. The molecule has 1 nitrogen and oxygen atoms in total. The lowest BCUT2D eigenvalue weighted by molar-refractivity contribution is 0.595. The highest BCUT2D eigenvalue weighted by molar-refractivity contribution is 7.16. The molecular formula is C11H12ClNS. The summed E-state index contributed by atoms with van der Waals surface area (Å²) < 4.78 is 0. The second kappa shape index (κ2) is 3.21. The van der Waals surface area contributed by atoms with Crippen LogP contribution in [0.3, 0.4) is 0 Å². The first-order chi connectivity index (χ1) is 6.48. The minimum absolute atomic E-state index is 0.117. The van der Waals surface area contributed by atoms with Gasteiger partial charge in [-0.25, -0.2) is 4.98 Å². The number of hydrogen-bond donors (Lipinski definition) is 0. The molecule has 0 spiro atoms. The van der Waals surface area contributed by atoms with E-state index in [1.54, 1.807) is 11.3 Å². The van der Waals surface area contributed by atoms with E-state index in [1.165, 1.54) is 10.9 Å². The predicted octanol–water partition coefficient (Wildman–Crippen LogP) is 4.25. The highest BCUT2D eigenvalue weighted by Gasteiger charge is 2.18. The summed E-state index contributed by atoms with van der Waals surface area (Å²) >= 11 is 7.62. The number of rotatable bonds is 0. The fourth-order valence-corrected chi connectivity index (χ4v) is 2.57. The van der Waals surface area contributed by atoms with E-state index >= 15 is 0 Å². The normalized spacial score (nSPS) is 12.3. The maximum atomic E-state index is 5.98. The monoisotopic (exact) mass is 225 g/mol. The first-order valence-electron chi connectivity index (χ1n) is 4.53. The summed E-state index contributed by atoms with van der Waals surface area (Å²) in [7, 11) is 0. The van der Waals surface area contributed by atoms with Crippen LogP contribution in [0.15, 0.2) is 17.5 Å². The highest BCUT2D eigenvalue weighted by atomic mass is 35.5. The Bertz CT molecular complexity index is 468. The third-order valence-electron chi connectivity index (χ3n) is 2.21. The minimum atomic E-state index is 0.117. The lowest BCUT2D eigenvalue weighted by Gasteiger charge is -2.20. The van der Waals surface area contributed by atoms with E-state index in [0.717, 1.165) is 4.83 Å². The molecule has 0 radical (unpaired) electrons. The molecule has 0 saturated heterocycles. The fraction of sp³-hybridized carbons (Fsp3) is 0.364. The third-order valence-corrected chi connectivity index (χ3v) is 3.22. The van der Waals surface area contributed by atoms with Crippen LogP contribution in [-0.2, 0) is 5.41 Å². The number of hydrogen-bond acceptors (Lipinski definition) is 2. The van der Waals surface area contributed by atoms with E-state index in [1.807, 2.05) is 6.07 Å². The molecule has 2 heterocycles. The van der Waals surface area contributed by atoms with Crippen LogP contribution in [0, 0.1) is 0 Å². The lowest BCUT2D eigenvalue weighted by Crippen LogP contribution is -2.11. The second-order valence-corrected chi connectivity index (χ2v) is 5.66. The van der Waals surface area contributed by atoms with Gasteiger partial charge in [0.1, 0.15) is 9.98 Å². The Morgan fingerprint density at radius 1 is 1.36 bits per heavy atom. The second-order valence-electron chi connectivity index (χ2n) is 4.38. The Labute approximate surface area is 92.7 Å². The molecule has 0 aliphatic heterocycles. The maximum absolute atomic E-state index is 5.98. The molecule has 0 fully saturated rings. The van der Waals surface area contributed by atoms with Crippen molar-refractivity contribution in [1.82, 2.24) is 4.98 Å². The molecule has 3 heteroatoms. The molecule has 0 aromatic carbocycles. The van der Waals surface area contributed by atoms with Gasteiger partial charge >= 0.3 is 0 Å². The van der Waals surface area contributed by atoms with Crippen molar-refractivity contribution in [2.75, 3.05) is 0 Å². The van der Waals surface area contributed by atoms with Gasteiger partial charge in [-0.2, -0.15) is 0 Å². The van der Waals surface area contributed by atoms with Crippen LogP contribution in [0.2, 0.25) is 5.15 Å². The van der Waals surface area contributed by atoms with Crippen LogP contribution in [-0.4, -0.2) is 4.98 Å². The molecule has 0 N–H and O–H groups in total. The van der Waals surface area contributed by atoms with E-state index in [2.05, 4.69) is 37.2 Å². The molecule has 2 rings (SSSR count). The van der Waals surface area contributed by atoms with Crippen molar-refractivity contribution in [2.45, 2.75) is 26.2 Å². The molecule has 14 heavy (non-hydrogen) atoms. The zero-order valence-corrected chi connectivity index (χ0v) is 10.0. The third kappa shape index (κ3) is 1.64. The van der Waals surface area contributed by atoms with Gasteiger partial charge < -0.3 is 0 Å². The molecular weight excluding hydrogens is 214 g/mol. The van der Waals surface area contributed by atoms with Crippen LogP contribution in [0.4, 0.5) is 0 Å². The van der Waals surface area contributed by atoms with Crippen molar-refractivity contribution in [1.29, 1.82) is 0 Å². The largest absolute Gasteiger partial charge is 0.225 e. The molecule has 2 aromatic heterocycles. The smallest absolute Gasteiger partial charge is 0.131 e. The Morgan fingerprint density at radius 2 is 2.07 bits per heavy atom. The average molecular weight is 226 g/mol. The van der Waals surface area contributed by atoms with Crippen molar-refractivity contribution in [3.63, 3.8) is 0 Å². The van der Waals surface area contributed by atoms with Gasteiger partial charge in [0.25, 0.3) is 0 Å². The quantitative estimate of drug-likeness (QED) is 0.611. The number of halogens is 1. The Hall–Kier alpha value is -0.600. The van der Waals surface area contributed by atoms with Gasteiger partial charge in [-0.1, -0.05) is 32.4 Å². The van der Waals surface area contributed by atoms with Crippen molar-refractivity contribution in [2.24, 2.45) is 0 Å². The fourth-order valence-electron chi connectivity index (χ4n) is 1.54. The molecule has 74 valence electrons. The van der Waals surface area contributed by atoms with E-state index < -0.39 is 0 Å². The average Bonchev–Trinajstić information content (AvgIpc) is 2.47. The van der Waals surface area contributed by atoms with Gasteiger partial charge in [-0.15, -0.1) is 11.3 Å². The summed E-state index contributed by atoms with van der Waals surface area (Å²) in [5.74, 6) is 0. The molecule has 0 amide bonds. The molecule has 0 bridgehead atoms. The predicted molar refractivity (Wildman–Crippen MR) is 63.3 cm³/mol. The van der Waals surface area contributed by atoms with E-state index in [4.69, 9.17) is 11.6 Å². The summed E-state index contributed by atoms with van der Waals surface area (Å²) in [4.78, 5) is 5.32. The molecule has 0 aliphatic rings. The lowest BCUT2D eigenvalue weighted by atomic mass is 9.86. The number of nitrogens with zero attached hydrogens (tertiary/aromatic N) is 1. The number of fused-ring (bicyclic) bond motifs is 1. The minimum Gasteiger partial charge on any atom is -0.225 e. The Morgan fingerprint density at radius 3 is 2.71 bits per heavy atom. The van der Waals surface area contributed by atoms with Crippen molar-refractivity contribution < 1.29 is 0 Å². The van der Waals surface area contributed by atoms with Gasteiger partial charge in [-0.05, 0) is 28.5 Å². The summed E-state index contributed by atoms with van der Waals surface area (Å²) in [5, 5.41) is 3.88. The highest BCUT2D eigenvalue weighted by Crippen LogP contribution is 2.33. The van der Waals surface area contributed by atoms with E-state index in [-0.39, 0.29) is 5.41 Å². The summed E-state index contributed by atoms with van der Waals surface area (Å²) in [5.41, 5.74) is 1.39. The molecule has 0 atom stereocenters. The standard InChI is InChI=1S/C11H12ClNS/c1-11(2,3)8-6-9(12)13-10-7(8)4-5-14-10/h4-6H,1-3H3. The first-order valence-corrected chi connectivity index (χ1v) is 5.78. The zero-order chi connectivity index (χ0) is 10.3. The SMILES string of the molecule is CC(C)(C)c1cc(Cl)nc2sccc12. The molecule has 0 aliphatic carbocycles. The van der Waals surface area contributed by atoms with Gasteiger partial charge in [0.15, 0.2) is 0 Å². The summed E-state index contributed by atoms with van der Waals surface area (Å²) in [6.45, 7) is 6.57. The van der Waals surface area contributed by atoms with Crippen LogP contribution in [0.25, 0.3) is 10.2 Å². The molecule has 2 aromatic rings. The van der Waals surface area contributed by atoms with Gasteiger partial charge in [0, 0.05) is 5.39 Å². The maximum Gasteiger partial charge on any atom is 0.131 e. The van der Waals surface area contributed by atoms with Crippen LogP contribution >= 0.6 is 22.9 Å².